The van der Waals surface area contributed by atoms with E-state index in [9.17, 15) is 14.7 Å². The molecule has 7 heteroatoms. The van der Waals surface area contributed by atoms with Gasteiger partial charge in [0.15, 0.2) is 0 Å². The Morgan fingerprint density at radius 3 is 2.60 bits per heavy atom. The second-order valence-electron chi connectivity index (χ2n) is 5.97. The lowest BCUT2D eigenvalue weighted by Crippen LogP contribution is -2.35. The van der Waals surface area contributed by atoms with Crippen LogP contribution in [-0.4, -0.2) is 35.0 Å². The quantitative estimate of drug-likeness (QED) is 0.843. The summed E-state index contributed by atoms with van der Waals surface area (Å²) in [7, 11) is 0. The van der Waals surface area contributed by atoms with Gasteiger partial charge in [-0.25, -0.2) is 4.79 Å². The Morgan fingerprint density at radius 2 is 1.96 bits per heavy atom. The minimum absolute atomic E-state index is 0.0105. The average Bonchev–Trinajstić information content (AvgIpc) is 3.13. The third-order valence-corrected chi connectivity index (χ3v) is 4.56. The maximum atomic E-state index is 12.7. The number of rotatable bonds is 5. The van der Waals surface area contributed by atoms with Gasteiger partial charge in [-0.05, 0) is 43.5 Å². The third kappa shape index (κ3) is 3.96. The van der Waals surface area contributed by atoms with E-state index in [0.717, 1.165) is 19.3 Å². The molecule has 132 valence electrons. The van der Waals surface area contributed by atoms with Crippen LogP contribution in [0.25, 0.3) is 0 Å². The molecule has 2 heterocycles. The van der Waals surface area contributed by atoms with Crippen LogP contribution in [0.5, 0.6) is 0 Å². The van der Waals surface area contributed by atoms with Gasteiger partial charge in [0, 0.05) is 13.1 Å². The zero-order valence-corrected chi connectivity index (χ0v) is 14.4. The van der Waals surface area contributed by atoms with Gasteiger partial charge in [0.25, 0.3) is 5.91 Å². The lowest BCUT2D eigenvalue weighted by molar-refractivity contribution is 0.0698. The second kappa shape index (κ2) is 7.61. The van der Waals surface area contributed by atoms with Crippen LogP contribution in [0.1, 0.15) is 45.7 Å². The molecule has 0 aliphatic carbocycles. The van der Waals surface area contributed by atoms with Crippen LogP contribution in [0.4, 0.5) is 5.69 Å². The predicted molar refractivity (Wildman–Crippen MR) is 94.2 cm³/mol. The highest BCUT2D eigenvalue weighted by molar-refractivity contribution is 6.34. The van der Waals surface area contributed by atoms with E-state index in [1.54, 1.807) is 23.3 Å². The van der Waals surface area contributed by atoms with Crippen molar-refractivity contribution in [2.24, 2.45) is 0 Å². The highest BCUT2D eigenvalue weighted by Gasteiger charge is 2.23. The summed E-state index contributed by atoms with van der Waals surface area (Å²) >= 11 is 6.28. The van der Waals surface area contributed by atoms with Gasteiger partial charge in [0.05, 0.1) is 34.6 Å². The first kappa shape index (κ1) is 17.4. The standard InChI is InChI=1S/C18H19ClN2O4/c19-15-10-16(20-11-12-5-4-8-25-12)14(18(23)24)9-13(15)17(22)21-6-2-1-3-7-21/h4-5,8-10,20H,1-3,6-7,11H2,(H,23,24). The minimum atomic E-state index is -1.12. The number of benzene rings is 1. The van der Waals surface area contributed by atoms with Gasteiger partial charge in [-0.1, -0.05) is 11.6 Å². The van der Waals surface area contributed by atoms with E-state index in [-0.39, 0.29) is 22.1 Å². The fourth-order valence-corrected chi connectivity index (χ4v) is 3.17. The molecule has 0 spiro atoms. The lowest BCUT2D eigenvalue weighted by atomic mass is 10.0. The molecule has 2 N–H and O–H groups in total. The van der Waals surface area contributed by atoms with Gasteiger partial charge in [-0.3, -0.25) is 4.79 Å². The highest BCUT2D eigenvalue weighted by Crippen LogP contribution is 2.28. The molecule has 1 aromatic heterocycles. The molecule has 0 saturated carbocycles. The molecule has 0 atom stereocenters. The van der Waals surface area contributed by atoms with Crippen molar-refractivity contribution >= 4 is 29.2 Å². The van der Waals surface area contributed by atoms with Crippen LogP contribution in [-0.2, 0) is 6.54 Å². The van der Waals surface area contributed by atoms with Crippen LogP contribution < -0.4 is 5.32 Å². The van der Waals surface area contributed by atoms with Gasteiger partial charge < -0.3 is 19.7 Å². The van der Waals surface area contributed by atoms with E-state index >= 15 is 0 Å². The van der Waals surface area contributed by atoms with Crippen LogP contribution in [0.3, 0.4) is 0 Å². The molecule has 2 aromatic rings. The number of aromatic carboxylic acids is 1. The maximum absolute atomic E-state index is 12.7. The van der Waals surface area contributed by atoms with E-state index in [4.69, 9.17) is 16.0 Å². The van der Waals surface area contributed by atoms with Crippen molar-refractivity contribution in [3.63, 3.8) is 0 Å². The topological polar surface area (TPSA) is 82.8 Å². The lowest BCUT2D eigenvalue weighted by Gasteiger charge is -2.27. The van der Waals surface area contributed by atoms with Crippen molar-refractivity contribution in [1.82, 2.24) is 4.90 Å². The first-order valence-corrected chi connectivity index (χ1v) is 8.56. The number of nitrogens with zero attached hydrogens (tertiary/aromatic N) is 1. The molecule has 1 amide bonds. The number of amides is 1. The first-order chi connectivity index (χ1) is 12.1. The Labute approximate surface area is 150 Å². The predicted octanol–water partition coefficient (Wildman–Crippen LogP) is 3.87. The number of carbonyl (C=O) groups is 2. The molecule has 1 fully saturated rings. The Balaban J connectivity index is 1.86. The largest absolute Gasteiger partial charge is 0.478 e. The molecule has 0 bridgehead atoms. The van der Waals surface area contributed by atoms with Crippen LogP contribution in [0.15, 0.2) is 34.9 Å². The van der Waals surface area contributed by atoms with E-state index in [0.29, 0.717) is 31.1 Å². The summed E-state index contributed by atoms with van der Waals surface area (Å²) in [6.07, 6.45) is 4.56. The van der Waals surface area contributed by atoms with Crippen LogP contribution in [0.2, 0.25) is 5.02 Å². The number of halogens is 1. The van der Waals surface area contributed by atoms with Gasteiger partial charge in [-0.2, -0.15) is 0 Å². The van der Waals surface area contributed by atoms with Gasteiger partial charge in [-0.15, -0.1) is 0 Å². The smallest absolute Gasteiger partial charge is 0.337 e. The van der Waals surface area contributed by atoms with Gasteiger partial charge in [0.1, 0.15) is 5.76 Å². The minimum Gasteiger partial charge on any atom is -0.478 e. The van der Waals surface area contributed by atoms with Crippen molar-refractivity contribution in [1.29, 1.82) is 0 Å². The summed E-state index contributed by atoms with van der Waals surface area (Å²) in [5, 5.41) is 12.7. The molecular weight excluding hydrogens is 344 g/mol. The molecule has 0 unspecified atom stereocenters. The first-order valence-electron chi connectivity index (χ1n) is 8.18. The maximum Gasteiger partial charge on any atom is 0.337 e. The third-order valence-electron chi connectivity index (χ3n) is 4.24. The summed E-state index contributed by atoms with van der Waals surface area (Å²) in [4.78, 5) is 26.0. The SMILES string of the molecule is O=C(O)c1cc(C(=O)N2CCCCC2)c(Cl)cc1NCc1ccco1. The van der Waals surface area contributed by atoms with Crippen LogP contribution >= 0.6 is 11.6 Å². The number of carboxylic acids is 1. The summed E-state index contributed by atoms with van der Waals surface area (Å²) in [6.45, 7) is 1.68. The zero-order valence-electron chi connectivity index (χ0n) is 13.6. The number of piperidine rings is 1. The number of nitrogens with one attached hydrogen (secondary N) is 1. The summed E-state index contributed by atoms with van der Waals surface area (Å²) in [5.74, 6) is -0.669. The molecule has 1 saturated heterocycles. The number of carboxylic acid groups (broad SMARTS) is 1. The number of anilines is 1. The summed E-state index contributed by atoms with van der Waals surface area (Å²) in [6, 6.07) is 6.38. The summed E-state index contributed by atoms with van der Waals surface area (Å²) < 4.78 is 5.22. The number of hydrogen-bond donors (Lipinski definition) is 2. The monoisotopic (exact) mass is 362 g/mol. The van der Waals surface area contributed by atoms with E-state index in [1.165, 1.54) is 12.1 Å². The number of furan rings is 1. The molecule has 6 nitrogen and oxygen atoms in total. The molecule has 1 aliphatic rings. The van der Waals surface area contributed by atoms with Gasteiger partial charge in [0.2, 0.25) is 0 Å². The molecular formula is C18H19ClN2O4. The van der Waals surface area contributed by atoms with Crippen molar-refractivity contribution in [2.45, 2.75) is 25.8 Å². The Bertz CT molecular complexity index is 768. The number of hydrogen-bond acceptors (Lipinski definition) is 4. The second-order valence-corrected chi connectivity index (χ2v) is 6.38. The Morgan fingerprint density at radius 1 is 1.20 bits per heavy atom. The van der Waals surface area contributed by atoms with E-state index in [2.05, 4.69) is 5.32 Å². The van der Waals surface area contributed by atoms with E-state index in [1.807, 2.05) is 0 Å². The normalized spacial score (nSPS) is 14.4. The fourth-order valence-electron chi connectivity index (χ4n) is 2.92. The van der Waals surface area contributed by atoms with Crippen LogP contribution in [0, 0.1) is 0 Å². The van der Waals surface area contributed by atoms with Crippen molar-refractivity contribution in [3.05, 3.63) is 52.4 Å². The Hall–Kier alpha value is -2.47. The number of carbonyl (C=O) groups excluding carboxylic acids is 1. The highest BCUT2D eigenvalue weighted by atomic mass is 35.5. The molecule has 1 aromatic carbocycles. The summed E-state index contributed by atoms with van der Waals surface area (Å²) in [5.41, 5.74) is 0.588. The molecule has 25 heavy (non-hydrogen) atoms. The molecule has 0 radical (unpaired) electrons. The average molecular weight is 363 g/mol. The number of likely N-dealkylation sites (tertiary alicyclic amines) is 1. The molecule has 1 aliphatic heterocycles. The Kier molecular flexibility index (Phi) is 5.28. The van der Waals surface area contributed by atoms with Crippen molar-refractivity contribution in [3.8, 4) is 0 Å². The van der Waals surface area contributed by atoms with Crippen molar-refractivity contribution in [2.75, 3.05) is 18.4 Å². The fraction of sp³-hybridized carbons (Fsp3) is 0.333. The van der Waals surface area contributed by atoms with Gasteiger partial charge >= 0.3 is 5.97 Å². The van der Waals surface area contributed by atoms with Crippen molar-refractivity contribution < 1.29 is 19.1 Å². The zero-order chi connectivity index (χ0) is 17.8. The molecule has 3 rings (SSSR count). The van der Waals surface area contributed by atoms with E-state index < -0.39 is 5.97 Å².